The molecule has 1 aliphatic heterocycles. The molecule has 0 bridgehead atoms. The van der Waals surface area contributed by atoms with E-state index in [-0.39, 0.29) is 11.9 Å². The summed E-state index contributed by atoms with van der Waals surface area (Å²) in [5.41, 5.74) is 4.13. The SMILES string of the molecule is Cc1ccc([C@H](CN2CCOCC2)NC(=O)c2cn(C)c3ccccc23)cc1. The highest BCUT2D eigenvalue weighted by Crippen LogP contribution is 2.22. The van der Waals surface area contributed by atoms with Gasteiger partial charge in [-0.25, -0.2) is 0 Å². The highest BCUT2D eigenvalue weighted by molar-refractivity contribution is 6.07. The fourth-order valence-electron chi connectivity index (χ4n) is 3.83. The van der Waals surface area contributed by atoms with E-state index in [1.807, 2.05) is 42.1 Å². The van der Waals surface area contributed by atoms with Gasteiger partial charge in [0.2, 0.25) is 0 Å². The van der Waals surface area contributed by atoms with E-state index < -0.39 is 0 Å². The topological polar surface area (TPSA) is 46.5 Å². The predicted molar refractivity (Wildman–Crippen MR) is 112 cm³/mol. The number of rotatable bonds is 5. The monoisotopic (exact) mass is 377 g/mol. The van der Waals surface area contributed by atoms with Crippen LogP contribution >= 0.6 is 0 Å². The first kappa shape index (κ1) is 18.7. The lowest BCUT2D eigenvalue weighted by atomic mass is 10.0. The molecule has 1 fully saturated rings. The number of para-hydroxylation sites is 1. The van der Waals surface area contributed by atoms with E-state index in [0.29, 0.717) is 0 Å². The second-order valence-electron chi connectivity index (χ2n) is 7.52. The van der Waals surface area contributed by atoms with E-state index >= 15 is 0 Å². The lowest BCUT2D eigenvalue weighted by Gasteiger charge is -2.31. The van der Waals surface area contributed by atoms with Crippen LogP contribution in [0.2, 0.25) is 0 Å². The van der Waals surface area contributed by atoms with Gasteiger partial charge in [0.25, 0.3) is 5.91 Å². The van der Waals surface area contributed by atoms with Gasteiger partial charge in [0.15, 0.2) is 0 Å². The Morgan fingerprint density at radius 1 is 1.11 bits per heavy atom. The van der Waals surface area contributed by atoms with Crippen LogP contribution in [0.4, 0.5) is 0 Å². The number of morpholine rings is 1. The molecule has 1 N–H and O–H groups in total. The van der Waals surface area contributed by atoms with E-state index in [0.717, 1.165) is 54.9 Å². The summed E-state index contributed by atoms with van der Waals surface area (Å²) >= 11 is 0. The van der Waals surface area contributed by atoms with Crippen molar-refractivity contribution in [1.82, 2.24) is 14.8 Å². The molecule has 0 radical (unpaired) electrons. The third-order valence-corrected chi connectivity index (χ3v) is 5.47. The molecule has 5 nitrogen and oxygen atoms in total. The van der Waals surface area contributed by atoms with E-state index in [1.165, 1.54) is 5.56 Å². The molecule has 1 aromatic heterocycles. The number of nitrogens with zero attached hydrogens (tertiary/aromatic N) is 2. The summed E-state index contributed by atoms with van der Waals surface area (Å²) in [6.07, 6.45) is 1.92. The van der Waals surface area contributed by atoms with Crippen molar-refractivity contribution in [2.24, 2.45) is 7.05 Å². The largest absolute Gasteiger partial charge is 0.379 e. The smallest absolute Gasteiger partial charge is 0.253 e. The van der Waals surface area contributed by atoms with Crippen LogP contribution in [0.3, 0.4) is 0 Å². The Kier molecular flexibility index (Phi) is 5.46. The molecule has 5 heteroatoms. The molecule has 2 aromatic carbocycles. The van der Waals surface area contributed by atoms with Gasteiger partial charge in [0.05, 0.1) is 24.8 Å². The highest BCUT2D eigenvalue weighted by Gasteiger charge is 2.22. The molecule has 1 saturated heterocycles. The summed E-state index contributed by atoms with van der Waals surface area (Å²) in [5.74, 6) is -0.0318. The van der Waals surface area contributed by atoms with Crippen molar-refractivity contribution in [2.45, 2.75) is 13.0 Å². The van der Waals surface area contributed by atoms with Crippen molar-refractivity contribution >= 4 is 16.8 Å². The Labute approximate surface area is 165 Å². The maximum absolute atomic E-state index is 13.2. The normalized spacial score (nSPS) is 16.2. The van der Waals surface area contributed by atoms with Gasteiger partial charge in [-0.05, 0) is 18.6 Å². The minimum absolute atomic E-state index is 0.0318. The quantitative estimate of drug-likeness (QED) is 0.742. The summed E-state index contributed by atoms with van der Waals surface area (Å²) < 4.78 is 7.48. The molecule has 1 aliphatic rings. The van der Waals surface area contributed by atoms with Gasteiger partial charge >= 0.3 is 0 Å². The van der Waals surface area contributed by atoms with E-state index in [4.69, 9.17) is 4.74 Å². The number of hydrogen-bond acceptors (Lipinski definition) is 3. The molecule has 1 atom stereocenters. The van der Waals surface area contributed by atoms with Crippen LogP contribution in [0.25, 0.3) is 10.9 Å². The Bertz CT molecular complexity index is 956. The minimum atomic E-state index is -0.0647. The number of hydrogen-bond donors (Lipinski definition) is 1. The third-order valence-electron chi connectivity index (χ3n) is 5.47. The Morgan fingerprint density at radius 3 is 2.57 bits per heavy atom. The molecular weight excluding hydrogens is 350 g/mol. The van der Waals surface area contributed by atoms with Crippen molar-refractivity contribution in [3.05, 3.63) is 71.4 Å². The van der Waals surface area contributed by atoms with Crippen molar-refractivity contribution < 1.29 is 9.53 Å². The summed E-state index contributed by atoms with van der Waals surface area (Å²) in [6.45, 7) is 6.15. The van der Waals surface area contributed by atoms with E-state index in [2.05, 4.69) is 41.4 Å². The van der Waals surface area contributed by atoms with Gasteiger partial charge in [-0.2, -0.15) is 0 Å². The van der Waals surface area contributed by atoms with Crippen molar-refractivity contribution in [3.8, 4) is 0 Å². The molecule has 0 saturated carbocycles. The summed E-state index contributed by atoms with van der Waals surface area (Å²) in [4.78, 5) is 15.6. The molecule has 4 rings (SSSR count). The molecule has 0 unspecified atom stereocenters. The summed E-state index contributed by atoms with van der Waals surface area (Å²) in [7, 11) is 1.98. The fourth-order valence-corrected chi connectivity index (χ4v) is 3.83. The zero-order valence-electron chi connectivity index (χ0n) is 16.5. The summed E-state index contributed by atoms with van der Waals surface area (Å²) in [6, 6.07) is 16.4. The second kappa shape index (κ2) is 8.17. The van der Waals surface area contributed by atoms with Crippen molar-refractivity contribution in [1.29, 1.82) is 0 Å². The van der Waals surface area contributed by atoms with Gasteiger partial charge in [0.1, 0.15) is 0 Å². The average Bonchev–Trinajstić information content (AvgIpc) is 3.06. The fraction of sp³-hybridized carbons (Fsp3) is 0.348. The van der Waals surface area contributed by atoms with Crippen LogP contribution < -0.4 is 5.32 Å². The maximum Gasteiger partial charge on any atom is 0.253 e. The van der Waals surface area contributed by atoms with Crippen LogP contribution in [-0.4, -0.2) is 48.2 Å². The van der Waals surface area contributed by atoms with Crippen LogP contribution in [0.5, 0.6) is 0 Å². The molecular formula is C23H27N3O2. The second-order valence-corrected chi connectivity index (χ2v) is 7.52. The van der Waals surface area contributed by atoms with Crippen molar-refractivity contribution in [2.75, 3.05) is 32.8 Å². The first-order valence-electron chi connectivity index (χ1n) is 9.83. The van der Waals surface area contributed by atoms with Gasteiger partial charge in [0, 0.05) is 43.8 Å². The molecule has 0 spiro atoms. The van der Waals surface area contributed by atoms with Gasteiger partial charge in [-0.15, -0.1) is 0 Å². The zero-order chi connectivity index (χ0) is 19.5. The number of nitrogens with one attached hydrogen (secondary N) is 1. The number of aromatic nitrogens is 1. The lowest BCUT2D eigenvalue weighted by molar-refractivity contribution is 0.0332. The highest BCUT2D eigenvalue weighted by atomic mass is 16.5. The third kappa shape index (κ3) is 3.96. The molecule has 3 aromatic rings. The van der Waals surface area contributed by atoms with Gasteiger partial charge in [-0.1, -0.05) is 48.0 Å². The maximum atomic E-state index is 13.2. The van der Waals surface area contributed by atoms with E-state index in [1.54, 1.807) is 0 Å². The Morgan fingerprint density at radius 2 is 1.82 bits per heavy atom. The van der Waals surface area contributed by atoms with Gasteiger partial charge < -0.3 is 14.6 Å². The predicted octanol–water partition coefficient (Wildman–Crippen LogP) is 3.29. The summed E-state index contributed by atoms with van der Waals surface area (Å²) in [5, 5.41) is 4.27. The lowest BCUT2D eigenvalue weighted by Crippen LogP contribution is -2.43. The number of amides is 1. The molecule has 146 valence electrons. The molecule has 28 heavy (non-hydrogen) atoms. The number of benzene rings is 2. The minimum Gasteiger partial charge on any atom is -0.379 e. The number of ether oxygens (including phenoxy) is 1. The Hall–Kier alpha value is -2.63. The molecule has 0 aliphatic carbocycles. The first-order chi connectivity index (χ1) is 13.6. The van der Waals surface area contributed by atoms with Crippen LogP contribution in [0, 0.1) is 6.92 Å². The van der Waals surface area contributed by atoms with Crippen LogP contribution in [0.15, 0.2) is 54.7 Å². The number of carbonyl (C=O) groups is 1. The molecule has 1 amide bonds. The van der Waals surface area contributed by atoms with E-state index in [9.17, 15) is 4.79 Å². The Balaban J connectivity index is 1.60. The standard InChI is InChI=1S/C23H27N3O2/c1-17-7-9-18(10-8-17)21(16-26-11-13-28-14-12-26)24-23(27)20-15-25(2)22-6-4-3-5-19(20)22/h3-10,15,21H,11-14,16H2,1-2H3,(H,24,27)/t21-/m0/s1. The van der Waals surface area contributed by atoms with Crippen molar-refractivity contribution in [3.63, 3.8) is 0 Å². The average molecular weight is 377 g/mol. The zero-order valence-corrected chi connectivity index (χ0v) is 16.5. The van der Waals surface area contributed by atoms with Gasteiger partial charge in [-0.3, -0.25) is 9.69 Å². The number of fused-ring (bicyclic) bond motifs is 1. The van der Waals surface area contributed by atoms with Crippen LogP contribution in [0.1, 0.15) is 27.5 Å². The molecule has 2 heterocycles. The van der Waals surface area contributed by atoms with Crippen LogP contribution in [-0.2, 0) is 11.8 Å². The number of carbonyl (C=O) groups excluding carboxylic acids is 1. The first-order valence-corrected chi connectivity index (χ1v) is 9.83. The number of aryl methyl sites for hydroxylation is 2.